The van der Waals surface area contributed by atoms with Gasteiger partial charge in [-0.2, -0.15) is 0 Å². The van der Waals surface area contributed by atoms with E-state index in [1.54, 1.807) is 0 Å². The molecule has 0 radical (unpaired) electrons. The van der Waals surface area contributed by atoms with Crippen LogP contribution in [0.15, 0.2) is 0 Å². The van der Waals surface area contributed by atoms with Crippen LogP contribution in [0.4, 0.5) is 0 Å². The third-order valence-electron chi connectivity index (χ3n) is 0.298. The van der Waals surface area contributed by atoms with Gasteiger partial charge in [-0.1, -0.05) is 0 Å². The Kier molecular flexibility index (Phi) is 10.7. The summed E-state index contributed by atoms with van der Waals surface area (Å²) in [5, 5.41) is 0. The van der Waals surface area contributed by atoms with Crippen molar-refractivity contribution in [1.82, 2.24) is 0 Å². The van der Waals surface area contributed by atoms with Crippen LogP contribution in [-0.2, 0) is 28.5 Å². The van der Waals surface area contributed by atoms with Crippen LogP contribution in [0.1, 0.15) is 0 Å². The number of rotatable bonds is 2. The van der Waals surface area contributed by atoms with Crippen LogP contribution in [-0.4, -0.2) is 14.2 Å². The molecule has 0 fully saturated rings. The summed E-state index contributed by atoms with van der Waals surface area (Å²) in [6, 6.07) is 0. The first kappa shape index (κ1) is 10.8. The topological polar surface area (TPSA) is 41.5 Å². The standard InChI is InChI=1S/C2H6O3P.Zn/c1-4-6(3)5-2;/h1-2H3;/q-1;. The molecule has 0 unspecified atom stereocenters. The van der Waals surface area contributed by atoms with Crippen LogP contribution in [0, 0.1) is 0 Å². The molecule has 0 aromatic carbocycles. The molecule has 0 rings (SSSR count). The van der Waals surface area contributed by atoms with Gasteiger partial charge in [-0.05, 0) is 0 Å². The molecule has 0 aromatic rings. The van der Waals surface area contributed by atoms with E-state index in [0.717, 1.165) is 0 Å². The van der Waals surface area contributed by atoms with Gasteiger partial charge in [-0.15, -0.1) is 0 Å². The first-order valence-electron chi connectivity index (χ1n) is 1.36. The van der Waals surface area contributed by atoms with E-state index in [9.17, 15) is 4.89 Å². The van der Waals surface area contributed by atoms with E-state index in [1.165, 1.54) is 14.2 Å². The van der Waals surface area contributed by atoms with E-state index in [2.05, 4.69) is 9.05 Å². The van der Waals surface area contributed by atoms with Gasteiger partial charge in [0.2, 0.25) is 0 Å². The zero-order valence-corrected chi connectivity index (χ0v) is 8.24. The fourth-order valence-electron chi connectivity index (χ4n) is 0.0745. The predicted octanol–water partition coefficient (Wildman–Crippen LogP) is -0.136. The van der Waals surface area contributed by atoms with Crippen molar-refractivity contribution in [1.29, 1.82) is 0 Å². The van der Waals surface area contributed by atoms with E-state index in [4.69, 9.17) is 0 Å². The molecule has 7 heavy (non-hydrogen) atoms. The Balaban J connectivity index is 0. The van der Waals surface area contributed by atoms with Gasteiger partial charge in [0.05, 0.1) is 8.60 Å². The Morgan fingerprint density at radius 3 is 1.57 bits per heavy atom. The van der Waals surface area contributed by atoms with Crippen molar-refractivity contribution in [3.8, 4) is 0 Å². The van der Waals surface area contributed by atoms with Crippen molar-refractivity contribution in [3.63, 3.8) is 0 Å². The molecule has 0 bridgehead atoms. The molecule has 5 heteroatoms. The van der Waals surface area contributed by atoms with Crippen molar-refractivity contribution >= 4 is 8.60 Å². The molecule has 0 aliphatic heterocycles. The fourth-order valence-corrected chi connectivity index (χ4v) is 0.224. The van der Waals surface area contributed by atoms with Crippen molar-refractivity contribution in [2.45, 2.75) is 0 Å². The average Bonchev–Trinajstić information content (AvgIpc) is 1.65. The molecule has 0 amide bonds. The molecule has 0 atom stereocenters. The van der Waals surface area contributed by atoms with Crippen molar-refractivity contribution in [2.75, 3.05) is 14.2 Å². The van der Waals surface area contributed by atoms with Gasteiger partial charge < -0.3 is 13.9 Å². The fraction of sp³-hybridized carbons (Fsp3) is 1.00. The number of hydrogen-bond acceptors (Lipinski definition) is 3. The minimum Gasteiger partial charge on any atom is -0.786 e. The van der Waals surface area contributed by atoms with Crippen LogP contribution in [0.2, 0.25) is 0 Å². The summed E-state index contributed by atoms with van der Waals surface area (Å²) in [4.78, 5) is 9.88. The largest absolute Gasteiger partial charge is 0.786 e. The van der Waals surface area contributed by atoms with Gasteiger partial charge in [0.15, 0.2) is 0 Å². The summed E-state index contributed by atoms with van der Waals surface area (Å²) < 4.78 is 8.37. The molecule has 0 saturated heterocycles. The van der Waals surface area contributed by atoms with Gasteiger partial charge >= 0.3 is 0 Å². The van der Waals surface area contributed by atoms with Crippen molar-refractivity contribution in [3.05, 3.63) is 0 Å². The van der Waals surface area contributed by atoms with Gasteiger partial charge in [-0.3, -0.25) is 0 Å². The maximum absolute atomic E-state index is 9.88. The monoisotopic (exact) mass is 173 g/mol. The van der Waals surface area contributed by atoms with Crippen LogP contribution in [0.5, 0.6) is 0 Å². The van der Waals surface area contributed by atoms with E-state index in [0.29, 0.717) is 0 Å². The first-order chi connectivity index (χ1) is 2.81. The van der Waals surface area contributed by atoms with Crippen LogP contribution < -0.4 is 4.89 Å². The van der Waals surface area contributed by atoms with Crippen LogP contribution in [0.25, 0.3) is 0 Å². The summed E-state index contributed by atoms with van der Waals surface area (Å²) in [5.74, 6) is 0. The molecule has 40 valence electrons. The molecular weight excluding hydrogens is 168 g/mol. The molecule has 0 N–H and O–H groups in total. The maximum Gasteiger partial charge on any atom is 0.0820 e. The minimum atomic E-state index is -1.83. The summed E-state index contributed by atoms with van der Waals surface area (Å²) >= 11 is 0. The summed E-state index contributed by atoms with van der Waals surface area (Å²) in [5.41, 5.74) is 0. The predicted molar refractivity (Wildman–Crippen MR) is 20.9 cm³/mol. The average molecular weight is 174 g/mol. The van der Waals surface area contributed by atoms with E-state index in [1.807, 2.05) is 0 Å². The zero-order chi connectivity index (χ0) is 4.99. The third-order valence-corrected chi connectivity index (χ3v) is 0.894. The molecule has 3 nitrogen and oxygen atoms in total. The third kappa shape index (κ3) is 6.93. The Bertz CT molecular complexity index is 32.1. The molecule has 0 saturated carbocycles. The maximum atomic E-state index is 9.88. The zero-order valence-electron chi connectivity index (χ0n) is 4.38. The minimum absolute atomic E-state index is 0. The van der Waals surface area contributed by atoms with E-state index >= 15 is 0 Å². The number of hydrogen-bond donors (Lipinski definition) is 0. The second kappa shape index (κ2) is 6.93. The van der Waals surface area contributed by atoms with Gasteiger partial charge in [0.1, 0.15) is 0 Å². The quantitative estimate of drug-likeness (QED) is 0.432. The van der Waals surface area contributed by atoms with E-state index in [-0.39, 0.29) is 19.5 Å². The summed E-state index contributed by atoms with van der Waals surface area (Å²) in [6.07, 6.45) is 0. The van der Waals surface area contributed by atoms with Gasteiger partial charge in [0.25, 0.3) is 0 Å². The molecule has 0 aromatic heterocycles. The second-order valence-corrected chi connectivity index (χ2v) is 1.77. The van der Waals surface area contributed by atoms with Crippen molar-refractivity contribution in [2.24, 2.45) is 0 Å². The summed E-state index contributed by atoms with van der Waals surface area (Å²) in [7, 11) is 0.817. The first-order valence-corrected chi connectivity index (χ1v) is 2.46. The Hall–Kier alpha value is 0.933. The van der Waals surface area contributed by atoms with Crippen LogP contribution in [0.3, 0.4) is 0 Å². The Labute approximate surface area is 56.8 Å². The molecule has 0 heterocycles. The molecule has 0 spiro atoms. The normalized spacial score (nSPS) is 8.57. The van der Waals surface area contributed by atoms with Crippen molar-refractivity contribution < 1.29 is 33.4 Å². The summed E-state index contributed by atoms with van der Waals surface area (Å²) in [6.45, 7) is 0. The SMILES string of the molecule is COP([O-])OC.[Zn]. The molecule has 0 aliphatic carbocycles. The smallest absolute Gasteiger partial charge is 0.0820 e. The Morgan fingerprint density at radius 1 is 1.29 bits per heavy atom. The second-order valence-electron chi connectivity index (χ2n) is 0.589. The molecule has 0 aliphatic rings. The van der Waals surface area contributed by atoms with Gasteiger partial charge in [-0.25, -0.2) is 0 Å². The Morgan fingerprint density at radius 2 is 1.57 bits per heavy atom. The van der Waals surface area contributed by atoms with Crippen LogP contribution >= 0.6 is 8.60 Å². The van der Waals surface area contributed by atoms with Gasteiger partial charge in [0, 0.05) is 33.7 Å². The molecular formula is C2H6O3PZn-. The van der Waals surface area contributed by atoms with E-state index < -0.39 is 8.60 Å².